The summed E-state index contributed by atoms with van der Waals surface area (Å²) in [5, 5.41) is 13.5. The molecular formula is C20H23N5O4S. The lowest BCUT2D eigenvalue weighted by atomic mass is 10.2. The van der Waals surface area contributed by atoms with E-state index >= 15 is 0 Å². The van der Waals surface area contributed by atoms with Crippen molar-refractivity contribution in [2.75, 3.05) is 12.4 Å². The molecule has 158 valence electrons. The van der Waals surface area contributed by atoms with Crippen molar-refractivity contribution in [3.05, 3.63) is 29.8 Å². The first-order valence-electron chi connectivity index (χ1n) is 9.73. The minimum atomic E-state index is -0.701. The molecule has 1 aromatic carbocycles. The Bertz CT molecular complexity index is 904. The molecule has 0 saturated heterocycles. The van der Waals surface area contributed by atoms with Crippen LogP contribution in [-0.2, 0) is 9.59 Å². The Morgan fingerprint density at radius 2 is 2.00 bits per heavy atom. The zero-order chi connectivity index (χ0) is 21.5. The molecule has 3 N–H and O–H groups in total. The van der Waals surface area contributed by atoms with Crippen LogP contribution in [-0.4, -0.2) is 52.8 Å². The summed E-state index contributed by atoms with van der Waals surface area (Å²) in [5.41, 5.74) is -0.104. The predicted octanol–water partition coefficient (Wildman–Crippen LogP) is 1.92. The molecule has 0 spiro atoms. The zero-order valence-electron chi connectivity index (χ0n) is 16.6. The number of thioether (sulfide) groups is 1. The van der Waals surface area contributed by atoms with E-state index in [2.05, 4.69) is 20.6 Å². The standard InChI is InChI=1S/C20H23N5O4S/c1-2-29-14-9-7-12(8-10-14)18(27)23-16-17(21)24-20(25-19(16)28)30-11-15(26)22-13-5-3-4-6-13/h7-10,13H,2-6,11H2,1H3,(H,22,26)(H2,21,24,25,28). The van der Waals surface area contributed by atoms with Gasteiger partial charge in [-0.2, -0.15) is 4.99 Å². The van der Waals surface area contributed by atoms with Crippen molar-refractivity contribution in [2.24, 2.45) is 9.98 Å². The van der Waals surface area contributed by atoms with Crippen LogP contribution in [0.3, 0.4) is 0 Å². The molecule has 3 amide bonds. The molecule has 1 aromatic rings. The molecule has 0 atom stereocenters. The van der Waals surface area contributed by atoms with Crippen LogP contribution in [0.5, 0.6) is 5.75 Å². The molecule has 30 heavy (non-hydrogen) atoms. The summed E-state index contributed by atoms with van der Waals surface area (Å²) in [6.07, 6.45) is 4.22. The van der Waals surface area contributed by atoms with Crippen LogP contribution >= 0.6 is 11.8 Å². The lowest BCUT2D eigenvalue weighted by Gasteiger charge is -2.15. The molecule has 1 aliphatic carbocycles. The summed E-state index contributed by atoms with van der Waals surface area (Å²) >= 11 is 1.03. The Balaban J connectivity index is 1.59. The monoisotopic (exact) mass is 429 g/mol. The molecule has 2 aliphatic rings. The van der Waals surface area contributed by atoms with Crippen molar-refractivity contribution in [1.82, 2.24) is 10.6 Å². The maximum atomic E-state index is 12.3. The molecule has 10 heteroatoms. The van der Waals surface area contributed by atoms with Crippen molar-refractivity contribution in [3.63, 3.8) is 0 Å². The highest BCUT2D eigenvalue weighted by Crippen LogP contribution is 2.18. The number of carbonyl (C=O) groups excluding carboxylic acids is 3. The van der Waals surface area contributed by atoms with Crippen LogP contribution < -0.4 is 15.4 Å². The van der Waals surface area contributed by atoms with Crippen LogP contribution in [0.4, 0.5) is 0 Å². The van der Waals surface area contributed by atoms with Crippen molar-refractivity contribution in [3.8, 4) is 5.75 Å². The van der Waals surface area contributed by atoms with E-state index in [0.29, 0.717) is 12.4 Å². The van der Waals surface area contributed by atoms with Crippen molar-refractivity contribution in [2.45, 2.75) is 38.6 Å². The van der Waals surface area contributed by atoms with Gasteiger partial charge in [0.2, 0.25) is 5.91 Å². The Labute approximate surface area is 178 Å². The fraction of sp³-hybridized carbons (Fsp3) is 0.400. The highest BCUT2D eigenvalue weighted by atomic mass is 32.2. The molecule has 9 nitrogen and oxygen atoms in total. The first kappa shape index (κ1) is 21.7. The van der Waals surface area contributed by atoms with E-state index in [1.165, 1.54) is 12.1 Å². The summed E-state index contributed by atoms with van der Waals surface area (Å²) in [6.45, 7) is 2.36. The number of rotatable bonds is 6. The third-order valence-electron chi connectivity index (χ3n) is 4.56. The van der Waals surface area contributed by atoms with E-state index in [4.69, 9.17) is 10.1 Å². The molecular weight excluding hydrogens is 406 g/mol. The van der Waals surface area contributed by atoms with Gasteiger partial charge in [0.15, 0.2) is 16.7 Å². The number of amides is 3. The Kier molecular flexibility index (Phi) is 7.34. The number of aliphatic imine (C=N–C) groups is 2. The predicted molar refractivity (Wildman–Crippen MR) is 116 cm³/mol. The van der Waals surface area contributed by atoms with Gasteiger partial charge in [0.25, 0.3) is 11.8 Å². The molecule has 1 aliphatic heterocycles. The highest BCUT2D eigenvalue weighted by molar-refractivity contribution is 8.14. The molecule has 1 saturated carbocycles. The van der Waals surface area contributed by atoms with Crippen LogP contribution in [0.15, 0.2) is 34.3 Å². The number of amidine groups is 2. The minimum Gasteiger partial charge on any atom is -0.494 e. The van der Waals surface area contributed by atoms with E-state index in [1.54, 1.807) is 12.1 Å². The van der Waals surface area contributed by atoms with Gasteiger partial charge >= 0.3 is 0 Å². The first-order valence-corrected chi connectivity index (χ1v) is 10.7. The number of hydrogen-bond acceptors (Lipinski definition) is 6. The number of benzene rings is 1. The van der Waals surface area contributed by atoms with E-state index in [9.17, 15) is 14.4 Å². The lowest BCUT2D eigenvalue weighted by molar-refractivity contribution is -0.119. The van der Waals surface area contributed by atoms with Crippen molar-refractivity contribution in [1.29, 1.82) is 5.41 Å². The number of nitrogens with zero attached hydrogens (tertiary/aromatic N) is 2. The summed E-state index contributed by atoms with van der Waals surface area (Å²) in [6, 6.07) is 6.55. The van der Waals surface area contributed by atoms with Gasteiger partial charge in [-0.05, 0) is 44.0 Å². The SMILES string of the molecule is CCOc1ccc(C(=O)N=C2C(=N)N=C(SCC(=O)NC3CCCC3)NC2=O)cc1. The smallest absolute Gasteiger partial charge is 0.279 e. The summed E-state index contributed by atoms with van der Waals surface area (Å²) < 4.78 is 5.32. The minimum absolute atomic E-state index is 0.0838. The van der Waals surface area contributed by atoms with Gasteiger partial charge < -0.3 is 10.1 Å². The second-order valence-corrected chi connectivity index (χ2v) is 7.74. The van der Waals surface area contributed by atoms with E-state index in [1.807, 2.05) is 6.92 Å². The van der Waals surface area contributed by atoms with E-state index in [-0.39, 0.29) is 34.1 Å². The number of carbonyl (C=O) groups is 3. The number of nitrogens with one attached hydrogen (secondary N) is 3. The molecule has 1 fully saturated rings. The van der Waals surface area contributed by atoms with Gasteiger partial charge in [0, 0.05) is 11.6 Å². The molecule has 3 rings (SSSR count). The molecule has 0 radical (unpaired) electrons. The topological polar surface area (TPSA) is 133 Å². The summed E-state index contributed by atoms with van der Waals surface area (Å²) in [7, 11) is 0. The maximum absolute atomic E-state index is 12.3. The number of hydrogen-bond donors (Lipinski definition) is 3. The van der Waals surface area contributed by atoms with Gasteiger partial charge in [-0.3, -0.25) is 25.1 Å². The Morgan fingerprint density at radius 1 is 1.30 bits per heavy atom. The van der Waals surface area contributed by atoms with Gasteiger partial charge in [-0.15, -0.1) is 0 Å². The fourth-order valence-corrected chi connectivity index (χ4v) is 3.79. The quantitative estimate of drug-likeness (QED) is 0.635. The molecule has 0 bridgehead atoms. The molecule has 0 aromatic heterocycles. The Hall–Kier alpha value is -3.01. The van der Waals surface area contributed by atoms with Gasteiger partial charge in [0.1, 0.15) is 5.75 Å². The maximum Gasteiger partial charge on any atom is 0.279 e. The van der Waals surface area contributed by atoms with Crippen LogP contribution in [0.2, 0.25) is 0 Å². The van der Waals surface area contributed by atoms with Crippen molar-refractivity contribution < 1.29 is 19.1 Å². The van der Waals surface area contributed by atoms with Gasteiger partial charge in [-0.1, -0.05) is 24.6 Å². The largest absolute Gasteiger partial charge is 0.494 e. The van der Waals surface area contributed by atoms with Crippen LogP contribution in [0.25, 0.3) is 0 Å². The molecule has 0 unspecified atom stereocenters. The third kappa shape index (κ3) is 5.76. The summed E-state index contributed by atoms with van der Waals surface area (Å²) in [5.74, 6) is -1.21. The summed E-state index contributed by atoms with van der Waals surface area (Å²) in [4.78, 5) is 44.3. The first-order chi connectivity index (χ1) is 14.5. The molecule has 1 heterocycles. The second kappa shape index (κ2) is 10.1. The normalized spacial score (nSPS) is 18.2. The average molecular weight is 430 g/mol. The van der Waals surface area contributed by atoms with E-state index in [0.717, 1.165) is 37.4 Å². The van der Waals surface area contributed by atoms with Crippen LogP contribution in [0.1, 0.15) is 43.0 Å². The van der Waals surface area contributed by atoms with Gasteiger partial charge in [0.05, 0.1) is 12.4 Å². The van der Waals surface area contributed by atoms with Gasteiger partial charge in [-0.25, -0.2) is 4.99 Å². The zero-order valence-corrected chi connectivity index (χ0v) is 17.4. The lowest BCUT2D eigenvalue weighted by Crippen LogP contribution is -2.44. The third-order valence-corrected chi connectivity index (χ3v) is 5.43. The van der Waals surface area contributed by atoms with Crippen molar-refractivity contribution >= 4 is 46.2 Å². The average Bonchev–Trinajstić information content (AvgIpc) is 3.23. The number of ether oxygens (including phenoxy) is 1. The second-order valence-electron chi connectivity index (χ2n) is 6.78. The highest BCUT2D eigenvalue weighted by Gasteiger charge is 2.26. The fourth-order valence-electron chi connectivity index (χ4n) is 3.12. The Morgan fingerprint density at radius 3 is 2.63 bits per heavy atom. The van der Waals surface area contributed by atoms with Crippen LogP contribution in [0, 0.1) is 5.41 Å². The van der Waals surface area contributed by atoms with E-state index < -0.39 is 17.6 Å².